The number of aromatic nitrogens is 2. The van der Waals surface area contributed by atoms with E-state index in [9.17, 15) is 10.1 Å². The number of likely N-dealkylation sites (N-methyl/N-ethyl adjacent to an activating group) is 1. The van der Waals surface area contributed by atoms with E-state index in [1.54, 1.807) is 12.3 Å². The molecule has 9 nitrogen and oxygen atoms in total. The molecular weight excluding hydrogens is 396 g/mol. The third kappa shape index (κ3) is 4.52. The molecule has 1 aromatic heterocycles. The third-order valence-electron chi connectivity index (χ3n) is 6.62. The fourth-order valence-corrected chi connectivity index (χ4v) is 4.69. The number of nitro benzene ring substituents is 1. The highest BCUT2D eigenvalue weighted by Gasteiger charge is 2.29. The van der Waals surface area contributed by atoms with Crippen molar-refractivity contribution in [2.45, 2.75) is 32.4 Å². The first kappa shape index (κ1) is 21.6. The number of hydrogen-bond acceptors (Lipinski definition) is 7. The topological polar surface area (TPSA) is 79.9 Å². The van der Waals surface area contributed by atoms with Gasteiger partial charge in [-0.25, -0.2) is 0 Å². The molecule has 2 aromatic rings. The molecule has 168 valence electrons. The fraction of sp³-hybridized carbons (Fsp3) is 0.591. The Morgan fingerprint density at radius 2 is 1.87 bits per heavy atom. The van der Waals surface area contributed by atoms with Crippen molar-refractivity contribution in [2.24, 2.45) is 0 Å². The molecule has 0 atom stereocenters. The number of anilines is 1. The van der Waals surface area contributed by atoms with Gasteiger partial charge >= 0.3 is 5.69 Å². The number of aryl methyl sites for hydroxylation is 1. The molecule has 0 spiro atoms. The average molecular weight is 429 g/mol. The number of piperidine rings is 1. The minimum Gasteiger partial charge on any atom is -0.490 e. The van der Waals surface area contributed by atoms with Crippen LogP contribution in [0.2, 0.25) is 0 Å². The monoisotopic (exact) mass is 428 g/mol. The van der Waals surface area contributed by atoms with Gasteiger partial charge < -0.3 is 14.5 Å². The Hall–Kier alpha value is -2.65. The zero-order valence-corrected chi connectivity index (χ0v) is 18.7. The smallest absolute Gasteiger partial charge is 0.311 e. The van der Waals surface area contributed by atoms with Gasteiger partial charge in [0, 0.05) is 87.0 Å². The van der Waals surface area contributed by atoms with E-state index in [-0.39, 0.29) is 10.6 Å². The zero-order valence-electron chi connectivity index (χ0n) is 18.7. The van der Waals surface area contributed by atoms with Crippen molar-refractivity contribution >= 4 is 11.4 Å². The number of methoxy groups -OCH3 is 1. The second-order valence-electron chi connectivity index (χ2n) is 8.44. The molecule has 4 rings (SSSR count). The summed E-state index contributed by atoms with van der Waals surface area (Å²) in [5.74, 6) is 0.299. The molecule has 0 amide bonds. The van der Waals surface area contributed by atoms with Crippen LogP contribution < -0.4 is 9.64 Å². The predicted molar refractivity (Wildman–Crippen MR) is 121 cm³/mol. The van der Waals surface area contributed by atoms with Crippen molar-refractivity contribution in [3.63, 3.8) is 0 Å². The van der Waals surface area contributed by atoms with Crippen LogP contribution >= 0.6 is 0 Å². The molecule has 0 aliphatic carbocycles. The van der Waals surface area contributed by atoms with Gasteiger partial charge in [-0.1, -0.05) is 0 Å². The molecule has 9 heteroatoms. The van der Waals surface area contributed by atoms with E-state index < -0.39 is 0 Å². The van der Waals surface area contributed by atoms with Gasteiger partial charge in [0.05, 0.1) is 18.2 Å². The summed E-state index contributed by atoms with van der Waals surface area (Å²) in [6.07, 6.45) is 5.93. The van der Waals surface area contributed by atoms with E-state index in [2.05, 4.69) is 26.8 Å². The van der Waals surface area contributed by atoms with Crippen molar-refractivity contribution in [3.8, 4) is 16.9 Å². The summed E-state index contributed by atoms with van der Waals surface area (Å²) < 4.78 is 7.22. The molecule has 1 aromatic carbocycles. The van der Waals surface area contributed by atoms with E-state index in [0.717, 1.165) is 75.5 Å². The zero-order chi connectivity index (χ0) is 22.0. The quantitative estimate of drug-likeness (QED) is 0.517. The van der Waals surface area contributed by atoms with Crippen LogP contribution in [0.1, 0.15) is 19.8 Å². The summed E-state index contributed by atoms with van der Waals surface area (Å²) in [7, 11) is 3.67. The average Bonchev–Trinajstić information content (AvgIpc) is 3.28. The van der Waals surface area contributed by atoms with E-state index in [1.807, 2.05) is 23.9 Å². The van der Waals surface area contributed by atoms with Crippen LogP contribution in [0.25, 0.3) is 11.1 Å². The van der Waals surface area contributed by atoms with Crippen molar-refractivity contribution in [3.05, 3.63) is 34.6 Å². The maximum Gasteiger partial charge on any atom is 0.311 e. The lowest BCUT2D eigenvalue weighted by Gasteiger charge is -2.43. The van der Waals surface area contributed by atoms with Gasteiger partial charge in [-0.05, 0) is 26.8 Å². The molecule has 0 saturated carbocycles. The second kappa shape index (κ2) is 9.23. The first-order chi connectivity index (χ1) is 15.0. The molecule has 2 fully saturated rings. The first-order valence-corrected chi connectivity index (χ1v) is 11.1. The van der Waals surface area contributed by atoms with Gasteiger partial charge in [0.2, 0.25) is 0 Å². The lowest BCUT2D eigenvalue weighted by Crippen LogP contribution is -2.52. The summed E-state index contributed by atoms with van der Waals surface area (Å²) in [6.45, 7) is 9.15. The largest absolute Gasteiger partial charge is 0.490 e. The number of nitrogens with zero attached hydrogens (tertiary/aromatic N) is 6. The number of nitro groups is 1. The fourth-order valence-electron chi connectivity index (χ4n) is 4.69. The normalized spacial score (nSPS) is 19.0. The summed E-state index contributed by atoms with van der Waals surface area (Å²) in [5, 5.41) is 16.0. The van der Waals surface area contributed by atoms with Crippen molar-refractivity contribution in [1.82, 2.24) is 19.6 Å². The molecule has 2 aliphatic heterocycles. The molecule has 0 N–H and O–H groups in total. The van der Waals surface area contributed by atoms with Gasteiger partial charge in [-0.3, -0.25) is 19.7 Å². The van der Waals surface area contributed by atoms with Crippen LogP contribution in [-0.4, -0.2) is 84.0 Å². The number of rotatable bonds is 6. The SMILES string of the molecule is CCn1cc(-c2cc([N+](=O)[O-])c(OC)cc2N2CCC(N3CCN(C)CC3)CC2)cn1. The Morgan fingerprint density at radius 3 is 2.45 bits per heavy atom. The van der Waals surface area contributed by atoms with Crippen LogP contribution in [0.4, 0.5) is 11.4 Å². The minimum atomic E-state index is -0.379. The lowest BCUT2D eigenvalue weighted by molar-refractivity contribution is -0.385. The first-order valence-electron chi connectivity index (χ1n) is 11.1. The van der Waals surface area contributed by atoms with Gasteiger partial charge in [0.15, 0.2) is 5.75 Å². The highest BCUT2D eigenvalue weighted by Crippen LogP contribution is 2.41. The molecule has 0 unspecified atom stereocenters. The molecular formula is C22H32N6O3. The highest BCUT2D eigenvalue weighted by atomic mass is 16.6. The van der Waals surface area contributed by atoms with Crippen molar-refractivity contribution in [1.29, 1.82) is 0 Å². The molecule has 2 saturated heterocycles. The van der Waals surface area contributed by atoms with Gasteiger partial charge in [-0.15, -0.1) is 0 Å². The van der Waals surface area contributed by atoms with Crippen LogP contribution in [0, 0.1) is 10.1 Å². The number of hydrogen-bond donors (Lipinski definition) is 0. The second-order valence-corrected chi connectivity index (χ2v) is 8.44. The summed E-state index contributed by atoms with van der Waals surface area (Å²) in [5.41, 5.74) is 2.70. The van der Waals surface area contributed by atoms with E-state index in [1.165, 1.54) is 7.11 Å². The highest BCUT2D eigenvalue weighted by molar-refractivity contribution is 5.82. The molecule has 31 heavy (non-hydrogen) atoms. The van der Waals surface area contributed by atoms with Crippen LogP contribution in [0.5, 0.6) is 5.75 Å². The Kier molecular flexibility index (Phi) is 6.43. The van der Waals surface area contributed by atoms with E-state index in [4.69, 9.17) is 4.74 Å². The Morgan fingerprint density at radius 1 is 1.16 bits per heavy atom. The molecule has 2 aliphatic rings. The Bertz CT molecular complexity index is 914. The number of ether oxygens (including phenoxy) is 1. The van der Waals surface area contributed by atoms with Gasteiger partial charge in [0.1, 0.15) is 0 Å². The molecule has 0 radical (unpaired) electrons. The number of benzene rings is 1. The van der Waals surface area contributed by atoms with Crippen LogP contribution in [0.3, 0.4) is 0 Å². The summed E-state index contributed by atoms with van der Waals surface area (Å²) in [6, 6.07) is 4.07. The maximum atomic E-state index is 11.6. The Balaban J connectivity index is 1.60. The molecule has 0 bridgehead atoms. The van der Waals surface area contributed by atoms with Gasteiger partial charge in [0.25, 0.3) is 0 Å². The number of piperazine rings is 1. The Labute approximate surface area is 183 Å². The maximum absolute atomic E-state index is 11.6. The summed E-state index contributed by atoms with van der Waals surface area (Å²) in [4.78, 5) is 18.6. The predicted octanol–water partition coefficient (Wildman–Crippen LogP) is 2.70. The summed E-state index contributed by atoms with van der Waals surface area (Å²) >= 11 is 0. The lowest BCUT2D eigenvalue weighted by atomic mass is 9.98. The van der Waals surface area contributed by atoms with Crippen LogP contribution in [0.15, 0.2) is 24.5 Å². The van der Waals surface area contributed by atoms with Crippen molar-refractivity contribution < 1.29 is 9.66 Å². The minimum absolute atomic E-state index is 0.0159. The van der Waals surface area contributed by atoms with Crippen LogP contribution in [-0.2, 0) is 6.54 Å². The van der Waals surface area contributed by atoms with Gasteiger partial charge in [-0.2, -0.15) is 5.10 Å². The standard InChI is InChI=1S/C22H32N6O3/c1-4-27-16-17(15-23-27)19-13-21(28(29)30)22(31-3)14-20(19)26-7-5-18(6-8-26)25-11-9-24(2)10-12-25/h13-16,18H,4-12H2,1-3H3. The van der Waals surface area contributed by atoms with E-state index >= 15 is 0 Å². The molecule has 3 heterocycles. The third-order valence-corrected chi connectivity index (χ3v) is 6.62. The van der Waals surface area contributed by atoms with E-state index in [0.29, 0.717) is 11.8 Å². The van der Waals surface area contributed by atoms with Crippen molar-refractivity contribution in [2.75, 3.05) is 58.3 Å².